The number of nitrogens with zero attached hydrogens (tertiary/aromatic N) is 1. The van der Waals surface area contributed by atoms with E-state index in [1.807, 2.05) is 4.90 Å². The molecular formula is C54H91N3O11. The van der Waals surface area contributed by atoms with Gasteiger partial charge >= 0.3 is 11.9 Å². The molecule has 0 bridgehead atoms. The number of likely N-dealkylation sites (N-methyl/N-ethyl adjacent to an activating group) is 1. The number of carbonyl (C=O) groups is 4. The largest absolute Gasteiger partial charge is 0.481 e. The number of fused-ring (bicyclic) bond motifs is 7. The van der Waals surface area contributed by atoms with Crippen LogP contribution in [0.4, 0.5) is 0 Å². The van der Waals surface area contributed by atoms with Gasteiger partial charge in [0.2, 0.25) is 11.8 Å². The van der Waals surface area contributed by atoms with E-state index in [1.54, 1.807) is 20.9 Å². The van der Waals surface area contributed by atoms with Crippen molar-refractivity contribution in [3.63, 3.8) is 0 Å². The maximum atomic E-state index is 15.0. The highest BCUT2D eigenvalue weighted by Gasteiger charge is 2.73. The number of aliphatic hydroxyl groups excluding tert-OH is 4. The van der Waals surface area contributed by atoms with Gasteiger partial charge in [0.15, 0.2) is 6.29 Å². The second kappa shape index (κ2) is 19.8. The molecular weight excluding hydrogens is 867 g/mol. The molecule has 388 valence electrons. The molecule has 6 aliphatic carbocycles. The smallest absolute Gasteiger partial charge is 0.309 e. The van der Waals surface area contributed by atoms with Gasteiger partial charge in [0.1, 0.15) is 12.2 Å². The van der Waals surface area contributed by atoms with Crippen molar-refractivity contribution >= 4 is 23.8 Å². The minimum atomic E-state index is -1.69. The molecule has 14 nitrogen and oxygen atoms in total. The van der Waals surface area contributed by atoms with E-state index < -0.39 is 47.4 Å². The van der Waals surface area contributed by atoms with Crippen molar-refractivity contribution < 1.29 is 54.6 Å². The predicted octanol–water partition coefficient (Wildman–Crippen LogP) is 6.20. The van der Waals surface area contributed by atoms with Gasteiger partial charge in [0, 0.05) is 43.4 Å². The maximum absolute atomic E-state index is 15.0. The van der Waals surface area contributed by atoms with E-state index in [4.69, 9.17) is 25.2 Å². The SMILES string of the molecule is C=C(C)[C@@H]1CC[C@]2(C(=O)NC3C[C@H](C(=O)N4CCCC4)C3(C)C)CC[C@@]3(C)C4CC[C@H]5C(C)(C)[C@@H](OC(=O)CC(C)(C)C(=O)O)CC[C@]5(C)[C@H]4CC[C@]3(C)C12.CNC[C@@H](O)[C@H](O)[C@H](O)CC(O)O. The number of amides is 2. The lowest BCUT2D eigenvalue weighted by Gasteiger charge is -2.72. The van der Waals surface area contributed by atoms with Crippen molar-refractivity contribution in [2.45, 2.75) is 202 Å². The van der Waals surface area contributed by atoms with Crippen molar-refractivity contribution in [1.29, 1.82) is 0 Å². The van der Waals surface area contributed by atoms with Gasteiger partial charge in [-0.2, -0.15) is 0 Å². The number of hydrogen-bond donors (Lipinski definition) is 8. The molecule has 0 spiro atoms. The Labute approximate surface area is 407 Å². The Kier molecular flexibility index (Phi) is 15.9. The fourth-order valence-electron chi connectivity index (χ4n) is 16.3. The molecule has 0 aromatic rings. The quantitative estimate of drug-likeness (QED) is 0.0554. The Morgan fingerprint density at radius 3 is 2.01 bits per heavy atom. The second-order valence-electron chi connectivity index (χ2n) is 25.6. The van der Waals surface area contributed by atoms with Crippen LogP contribution in [0.5, 0.6) is 0 Å². The van der Waals surface area contributed by atoms with Crippen LogP contribution in [0.3, 0.4) is 0 Å². The molecule has 0 radical (unpaired) electrons. The fraction of sp³-hybridized carbons (Fsp3) is 0.889. The average Bonchev–Trinajstić information content (AvgIpc) is 3.94. The van der Waals surface area contributed by atoms with Gasteiger partial charge in [0.25, 0.3) is 0 Å². The zero-order chi connectivity index (χ0) is 50.7. The zero-order valence-corrected chi connectivity index (χ0v) is 43.5. The summed E-state index contributed by atoms with van der Waals surface area (Å²) in [5.74, 6) is 1.23. The Bertz CT molecular complexity index is 1880. The lowest BCUT2D eigenvalue weighted by atomic mass is 9.33. The summed E-state index contributed by atoms with van der Waals surface area (Å²) in [6.45, 7) is 28.5. The van der Waals surface area contributed by atoms with Crippen LogP contribution >= 0.6 is 0 Å². The van der Waals surface area contributed by atoms with E-state index in [9.17, 15) is 24.6 Å². The molecule has 7 fully saturated rings. The van der Waals surface area contributed by atoms with Gasteiger partial charge in [-0.05, 0) is 163 Å². The van der Waals surface area contributed by atoms with Gasteiger partial charge in [0.05, 0.1) is 29.5 Å². The zero-order valence-electron chi connectivity index (χ0n) is 43.5. The van der Waals surface area contributed by atoms with Gasteiger partial charge < -0.3 is 50.9 Å². The molecule has 14 heteroatoms. The van der Waals surface area contributed by atoms with Crippen LogP contribution in [0.2, 0.25) is 0 Å². The van der Waals surface area contributed by atoms with Crippen LogP contribution in [0.15, 0.2) is 12.2 Å². The first kappa shape index (κ1) is 54.7. The molecule has 68 heavy (non-hydrogen) atoms. The van der Waals surface area contributed by atoms with Crippen LogP contribution in [0.1, 0.15) is 166 Å². The van der Waals surface area contributed by atoms with Crippen molar-refractivity contribution in [3.8, 4) is 0 Å². The summed E-state index contributed by atoms with van der Waals surface area (Å²) in [5.41, 5.74) is -0.605. The minimum absolute atomic E-state index is 0.00432. The third kappa shape index (κ3) is 9.47. The normalized spacial score (nSPS) is 39.3. The number of likely N-dealkylation sites (tertiary alicyclic amines) is 1. The van der Waals surface area contributed by atoms with E-state index in [-0.39, 0.29) is 82.3 Å². The molecule has 15 atom stereocenters. The Balaban J connectivity index is 0.000000512. The Hall–Kier alpha value is -2.62. The number of nitrogens with one attached hydrogen (secondary N) is 2. The molecule has 3 unspecified atom stereocenters. The molecule has 0 aromatic heterocycles. The Morgan fingerprint density at radius 2 is 1.44 bits per heavy atom. The summed E-state index contributed by atoms with van der Waals surface area (Å²) in [5, 5.41) is 60.3. The number of esters is 1. The standard InChI is InChI=1S/C47H74N2O6.C7H17NO5/c1-28(2)29-16-21-47(39(52)48-34-26-32(42(34,5)6)38(51)49-24-12-13-25-49)23-22-45(10)31-14-15-33-43(7,8)35(55-36(50)27-41(3,4)40(53)54)18-19-44(33,9)30(31)17-20-46(45,11)37(29)47;1-8-3-5(10)7(13)4(9)2-6(11)12/h29-35,37H,1,12-27H2,2-11H3,(H,48,52)(H,53,54);4-13H,2-3H2,1H3/t29-,30-,31?,32+,33-,34?,35-,37?,44+,45-,46+,47-;4-,5-,7-/m01/s1. The number of hydrogen-bond acceptors (Lipinski definition) is 11. The summed E-state index contributed by atoms with van der Waals surface area (Å²) in [6.07, 6.45) is 6.92. The first-order valence-electron chi connectivity index (χ1n) is 26.2. The van der Waals surface area contributed by atoms with Crippen LogP contribution in [0, 0.1) is 73.4 Å². The first-order chi connectivity index (χ1) is 31.5. The van der Waals surface area contributed by atoms with E-state index in [0.717, 1.165) is 96.6 Å². The topological polar surface area (TPSA) is 226 Å². The number of allylic oxidation sites excluding steroid dienone is 1. The van der Waals surface area contributed by atoms with Crippen molar-refractivity contribution in [2.24, 2.45) is 73.4 Å². The van der Waals surface area contributed by atoms with E-state index in [1.165, 1.54) is 5.57 Å². The molecule has 2 amide bonds. The van der Waals surface area contributed by atoms with Crippen molar-refractivity contribution in [2.75, 3.05) is 26.7 Å². The first-order valence-corrected chi connectivity index (χ1v) is 26.2. The molecule has 1 heterocycles. The van der Waals surface area contributed by atoms with Crippen molar-refractivity contribution in [3.05, 3.63) is 12.2 Å². The van der Waals surface area contributed by atoms with Gasteiger partial charge in [-0.3, -0.25) is 19.2 Å². The highest BCUT2D eigenvalue weighted by atomic mass is 16.5. The summed E-state index contributed by atoms with van der Waals surface area (Å²) in [6, 6.07) is 0.0175. The van der Waals surface area contributed by atoms with Crippen LogP contribution < -0.4 is 10.6 Å². The number of aliphatic carboxylic acids is 1. The van der Waals surface area contributed by atoms with Crippen molar-refractivity contribution in [1.82, 2.24) is 15.5 Å². The van der Waals surface area contributed by atoms with Crippen LogP contribution in [0.25, 0.3) is 0 Å². The van der Waals surface area contributed by atoms with Gasteiger partial charge in [-0.1, -0.05) is 60.6 Å². The summed E-state index contributed by atoms with van der Waals surface area (Å²) < 4.78 is 6.19. The average molecular weight is 958 g/mol. The van der Waals surface area contributed by atoms with E-state index in [2.05, 4.69) is 72.6 Å². The monoisotopic (exact) mass is 958 g/mol. The number of carbonyl (C=O) groups excluding carboxylic acids is 3. The number of ether oxygens (including phenoxy) is 1. The molecule has 1 aliphatic heterocycles. The van der Waals surface area contributed by atoms with E-state index >= 15 is 4.79 Å². The minimum Gasteiger partial charge on any atom is -0.481 e. The molecule has 1 saturated heterocycles. The molecule has 0 aromatic carbocycles. The molecule has 6 saturated carbocycles. The molecule has 8 N–H and O–H groups in total. The summed E-state index contributed by atoms with van der Waals surface area (Å²) >= 11 is 0. The lowest BCUT2D eigenvalue weighted by molar-refractivity contribution is -0.240. The number of carboxylic acids is 1. The lowest BCUT2D eigenvalue weighted by Crippen LogP contribution is -2.68. The second-order valence-corrected chi connectivity index (χ2v) is 25.6. The van der Waals surface area contributed by atoms with Gasteiger partial charge in [-0.15, -0.1) is 0 Å². The predicted molar refractivity (Wildman–Crippen MR) is 259 cm³/mol. The number of aliphatic hydroxyl groups is 5. The van der Waals surface area contributed by atoms with E-state index in [0.29, 0.717) is 23.7 Å². The van der Waals surface area contributed by atoms with Crippen LogP contribution in [-0.2, 0) is 23.9 Å². The summed E-state index contributed by atoms with van der Waals surface area (Å²) in [7, 11) is 1.59. The molecule has 7 rings (SSSR count). The third-order valence-electron chi connectivity index (χ3n) is 20.8. The van der Waals surface area contributed by atoms with Gasteiger partial charge in [-0.25, -0.2) is 0 Å². The number of carboxylic acid groups (broad SMARTS) is 1. The maximum Gasteiger partial charge on any atom is 0.309 e. The molecule has 7 aliphatic rings. The summed E-state index contributed by atoms with van der Waals surface area (Å²) in [4.78, 5) is 55.4. The highest BCUT2D eigenvalue weighted by Crippen LogP contribution is 2.78. The highest BCUT2D eigenvalue weighted by molar-refractivity contribution is 5.86. The number of rotatable bonds is 14. The Morgan fingerprint density at radius 1 is 0.794 bits per heavy atom. The fourth-order valence-corrected chi connectivity index (χ4v) is 16.3. The van der Waals surface area contributed by atoms with Crippen LogP contribution in [-0.4, -0.2) is 123 Å². The third-order valence-corrected chi connectivity index (χ3v) is 20.8.